The zero-order valence-corrected chi connectivity index (χ0v) is 8.61. The van der Waals surface area contributed by atoms with E-state index >= 15 is 0 Å². The van der Waals surface area contributed by atoms with Crippen LogP contribution in [-0.4, -0.2) is 29.3 Å². The van der Waals surface area contributed by atoms with Gasteiger partial charge >= 0.3 is 6.03 Å². The van der Waals surface area contributed by atoms with E-state index in [0.717, 1.165) is 4.90 Å². The molecule has 15 heavy (non-hydrogen) atoms. The predicted molar refractivity (Wildman–Crippen MR) is 52.4 cm³/mol. The van der Waals surface area contributed by atoms with Gasteiger partial charge in [0.25, 0.3) is 0 Å². The van der Waals surface area contributed by atoms with Crippen LogP contribution in [0.25, 0.3) is 0 Å². The van der Waals surface area contributed by atoms with E-state index in [0.29, 0.717) is 0 Å². The van der Waals surface area contributed by atoms with E-state index in [1.54, 1.807) is 13.8 Å². The lowest BCUT2D eigenvalue weighted by atomic mass is 9.92. The minimum absolute atomic E-state index is 0.110. The molecule has 80 valence electrons. The van der Waals surface area contributed by atoms with Crippen LogP contribution >= 0.6 is 0 Å². The summed E-state index contributed by atoms with van der Waals surface area (Å²) in [5.41, 5.74) is 0. The molecule has 1 heterocycles. The Balaban J connectivity index is 2.95. The normalized spacial score (nSPS) is 21.6. The molecule has 0 radical (unpaired) electrons. The number of terminal acetylenes is 1. The first-order chi connectivity index (χ1) is 6.99. The molecule has 1 N–H and O–H groups in total. The number of amides is 4. The third-order valence-electron chi connectivity index (χ3n) is 2.21. The minimum Gasteiger partial charge on any atom is -0.277 e. The van der Waals surface area contributed by atoms with Crippen molar-refractivity contribution in [2.75, 3.05) is 6.54 Å². The van der Waals surface area contributed by atoms with Gasteiger partial charge in [-0.1, -0.05) is 19.8 Å². The SMILES string of the molecule is C#CCN1C(=O)NC(=O)C(C(C)C)C1=O. The van der Waals surface area contributed by atoms with Crippen LogP contribution in [0.2, 0.25) is 0 Å². The Labute approximate surface area is 87.8 Å². The largest absolute Gasteiger partial charge is 0.331 e. The number of hydrogen-bond acceptors (Lipinski definition) is 3. The van der Waals surface area contributed by atoms with Crippen molar-refractivity contribution in [3.8, 4) is 12.3 Å². The summed E-state index contributed by atoms with van der Waals surface area (Å²) in [5, 5.41) is 2.11. The van der Waals surface area contributed by atoms with Crippen LogP contribution in [0.15, 0.2) is 0 Å². The number of nitrogens with one attached hydrogen (secondary N) is 1. The van der Waals surface area contributed by atoms with Crippen molar-refractivity contribution in [3.05, 3.63) is 0 Å². The van der Waals surface area contributed by atoms with Crippen molar-refractivity contribution in [2.45, 2.75) is 13.8 Å². The van der Waals surface area contributed by atoms with Gasteiger partial charge in [0.05, 0.1) is 6.54 Å². The van der Waals surface area contributed by atoms with Gasteiger partial charge in [-0.2, -0.15) is 0 Å². The molecule has 1 aliphatic heterocycles. The van der Waals surface area contributed by atoms with Crippen LogP contribution in [0.5, 0.6) is 0 Å². The van der Waals surface area contributed by atoms with Crippen molar-refractivity contribution >= 4 is 17.8 Å². The smallest absolute Gasteiger partial charge is 0.277 e. The molecule has 0 saturated carbocycles. The van der Waals surface area contributed by atoms with Crippen LogP contribution in [-0.2, 0) is 9.59 Å². The number of carbonyl (C=O) groups excluding carboxylic acids is 3. The molecule has 4 amide bonds. The Morgan fingerprint density at radius 1 is 1.47 bits per heavy atom. The van der Waals surface area contributed by atoms with Crippen LogP contribution in [0, 0.1) is 24.2 Å². The number of barbiturate groups is 1. The second-order valence-electron chi connectivity index (χ2n) is 3.64. The van der Waals surface area contributed by atoms with E-state index in [9.17, 15) is 14.4 Å². The highest BCUT2D eigenvalue weighted by molar-refractivity contribution is 6.16. The lowest BCUT2D eigenvalue weighted by Gasteiger charge is -2.30. The summed E-state index contributed by atoms with van der Waals surface area (Å²) in [6.07, 6.45) is 5.03. The fraction of sp³-hybridized carbons (Fsp3) is 0.500. The van der Waals surface area contributed by atoms with Crippen molar-refractivity contribution in [1.82, 2.24) is 10.2 Å². The number of hydrogen-bond donors (Lipinski definition) is 1. The molecule has 1 saturated heterocycles. The molecule has 0 spiro atoms. The molecule has 0 bridgehead atoms. The third-order valence-corrected chi connectivity index (χ3v) is 2.21. The summed E-state index contributed by atoms with van der Waals surface area (Å²) in [6, 6.07) is -0.736. The predicted octanol–water partition coefficient (Wildman–Crippen LogP) is -0.0298. The standard InChI is InChI=1S/C10H12N2O3/c1-4-5-12-9(14)7(6(2)3)8(13)11-10(12)15/h1,6-7H,5H2,2-3H3,(H,11,13,15). The van der Waals surface area contributed by atoms with E-state index in [4.69, 9.17) is 6.42 Å². The maximum atomic E-state index is 11.7. The second-order valence-corrected chi connectivity index (χ2v) is 3.64. The summed E-state index contributed by atoms with van der Waals surface area (Å²) in [6.45, 7) is 3.37. The molecule has 0 aliphatic carbocycles. The molecule has 1 fully saturated rings. The number of rotatable bonds is 2. The molecule has 1 aliphatic rings. The maximum Gasteiger partial charge on any atom is 0.331 e. The summed E-state index contributed by atoms with van der Waals surface area (Å²) < 4.78 is 0. The Morgan fingerprint density at radius 3 is 2.53 bits per heavy atom. The number of nitrogens with zero attached hydrogens (tertiary/aromatic N) is 1. The van der Waals surface area contributed by atoms with Gasteiger partial charge in [-0.25, -0.2) is 4.79 Å². The van der Waals surface area contributed by atoms with E-state index in [1.165, 1.54) is 0 Å². The minimum atomic E-state index is -0.823. The first-order valence-electron chi connectivity index (χ1n) is 4.58. The van der Waals surface area contributed by atoms with E-state index in [-0.39, 0.29) is 12.5 Å². The molecule has 0 aromatic rings. The van der Waals surface area contributed by atoms with Crippen LogP contribution < -0.4 is 5.32 Å². The van der Waals surface area contributed by atoms with E-state index < -0.39 is 23.8 Å². The Morgan fingerprint density at radius 2 is 2.07 bits per heavy atom. The van der Waals surface area contributed by atoms with Crippen LogP contribution in [0.1, 0.15) is 13.8 Å². The van der Waals surface area contributed by atoms with Crippen molar-refractivity contribution in [2.24, 2.45) is 11.8 Å². The summed E-state index contributed by atoms with van der Waals surface area (Å²) in [7, 11) is 0. The second kappa shape index (κ2) is 4.13. The fourth-order valence-corrected chi connectivity index (χ4v) is 1.46. The highest BCUT2D eigenvalue weighted by Crippen LogP contribution is 2.18. The van der Waals surface area contributed by atoms with E-state index in [1.807, 2.05) is 0 Å². The highest BCUT2D eigenvalue weighted by Gasteiger charge is 2.41. The highest BCUT2D eigenvalue weighted by atomic mass is 16.2. The van der Waals surface area contributed by atoms with Crippen LogP contribution in [0.3, 0.4) is 0 Å². The van der Waals surface area contributed by atoms with Gasteiger partial charge in [0.15, 0.2) is 0 Å². The lowest BCUT2D eigenvalue weighted by Crippen LogP contribution is -2.59. The van der Waals surface area contributed by atoms with Gasteiger partial charge in [-0.15, -0.1) is 6.42 Å². The summed E-state index contributed by atoms with van der Waals surface area (Å²) in [5.74, 6) is 0.156. The Hall–Kier alpha value is -1.83. The molecule has 1 unspecified atom stereocenters. The van der Waals surface area contributed by atoms with Crippen molar-refractivity contribution in [3.63, 3.8) is 0 Å². The molecule has 5 heteroatoms. The summed E-state index contributed by atoms with van der Waals surface area (Å²) in [4.78, 5) is 35.2. The van der Waals surface area contributed by atoms with Gasteiger partial charge in [0.2, 0.25) is 11.8 Å². The Bertz CT molecular complexity index is 354. The average molecular weight is 208 g/mol. The molecule has 1 atom stereocenters. The molecule has 1 rings (SSSR count). The molecule has 0 aromatic heterocycles. The van der Waals surface area contributed by atoms with Crippen molar-refractivity contribution < 1.29 is 14.4 Å². The number of urea groups is 1. The quantitative estimate of drug-likeness (QED) is 0.512. The molecule has 5 nitrogen and oxygen atoms in total. The first-order valence-corrected chi connectivity index (χ1v) is 4.58. The Kier molecular flexibility index (Phi) is 3.10. The summed E-state index contributed by atoms with van der Waals surface area (Å²) >= 11 is 0. The number of carbonyl (C=O) groups is 3. The first kappa shape index (κ1) is 11.2. The topological polar surface area (TPSA) is 66.5 Å². The van der Waals surface area contributed by atoms with Gasteiger partial charge in [-0.3, -0.25) is 19.8 Å². The average Bonchev–Trinajstić information content (AvgIpc) is 2.11. The van der Waals surface area contributed by atoms with Gasteiger partial charge in [0, 0.05) is 0 Å². The molecular weight excluding hydrogens is 196 g/mol. The monoisotopic (exact) mass is 208 g/mol. The van der Waals surface area contributed by atoms with Gasteiger partial charge < -0.3 is 0 Å². The van der Waals surface area contributed by atoms with Gasteiger partial charge in [-0.05, 0) is 5.92 Å². The van der Waals surface area contributed by atoms with Gasteiger partial charge in [0.1, 0.15) is 5.92 Å². The zero-order chi connectivity index (χ0) is 11.6. The molecule has 0 aromatic carbocycles. The third kappa shape index (κ3) is 1.99. The number of imide groups is 2. The molecular formula is C10H12N2O3. The van der Waals surface area contributed by atoms with Crippen molar-refractivity contribution in [1.29, 1.82) is 0 Å². The fourth-order valence-electron chi connectivity index (χ4n) is 1.46. The van der Waals surface area contributed by atoms with E-state index in [2.05, 4.69) is 11.2 Å². The zero-order valence-electron chi connectivity index (χ0n) is 8.61. The maximum absolute atomic E-state index is 11.7. The van der Waals surface area contributed by atoms with Crippen LogP contribution in [0.4, 0.5) is 4.79 Å². The lowest BCUT2D eigenvalue weighted by molar-refractivity contribution is -0.144.